The smallest absolute Gasteiger partial charge is 0.305 e. The van der Waals surface area contributed by atoms with E-state index in [9.17, 15) is 14.4 Å². The summed E-state index contributed by atoms with van der Waals surface area (Å²) in [4.78, 5) is 43.4. The van der Waals surface area contributed by atoms with E-state index in [-0.39, 0.29) is 45.6 Å². The fourth-order valence-electron chi connectivity index (χ4n) is 5.37. The molecule has 2 aliphatic carbocycles. The van der Waals surface area contributed by atoms with E-state index in [4.69, 9.17) is 0 Å². The summed E-state index contributed by atoms with van der Waals surface area (Å²) in [5.74, 6) is -0.298. The van der Waals surface area contributed by atoms with E-state index in [1.807, 2.05) is 31.2 Å². The minimum Gasteiger partial charge on any atom is -0.307 e. The highest BCUT2D eigenvalue weighted by Gasteiger charge is 2.66. The van der Waals surface area contributed by atoms with Gasteiger partial charge in [-0.05, 0) is 43.4 Å². The van der Waals surface area contributed by atoms with Crippen LogP contribution in [0.25, 0.3) is 6.08 Å². The Balaban J connectivity index is 1.41. The molecule has 1 aromatic carbocycles. The van der Waals surface area contributed by atoms with E-state index in [0.717, 1.165) is 21.9 Å². The number of fused-ring (bicyclic) bond motifs is 9. The van der Waals surface area contributed by atoms with Crippen molar-refractivity contribution in [2.75, 3.05) is 4.90 Å². The van der Waals surface area contributed by atoms with Gasteiger partial charge < -0.3 is 4.98 Å². The molecule has 2 aliphatic heterocycles. The first-order valence-electron chi connectivity index (χ1n) is 9.08. The number of rotatable bonds is 1. The molecule has 2 saturated carbocycles. The number of aryl methyl sites for hydroxylation is 1. The molecule has 3 fully saturated rings. The van der Waals surface area contributed by atoms with Gasteiger partial charge in [0.2, 0.25) is 11.8 Å². The largest absolute Gasteiger partial charge is 0.307 e. The predicted molar refractivity (Wildman–Crippen MR) is 105 cm³/mol. The number of H-pyrrole nitrogens is 1. The van der Waals surface area contributed by atoms with Crippen LogP contribution in [0.2, 0.25) is 0 Å². The van der Waals surface area contributed by atoms with Gasteiger partial charge in [-0.15, -0.1) is 0 Å². The van der Waals surface area contributed by atoms with Gasteiger partial charge in [0.05, 0.1) is 27.4 Å². The Morgan fingerprint density at radius 3 is 2.59 bits per heavy atom. The third-order valence-corrected chi connectivity index (χ3v) is 8.83. The van der Waals surface area contributed by atoms with Crippen LogP contribution >= 0.6 is 23.1 Å². The molecule has 3 heterocycles. The summed E-state index contributed by atoms with van der Waals surface area (Å²) in [6.45, 7) is 1.99. The second-order valence-electron chi connectivity index (χ2n) is 7.80. The number of thiazole rings is 1. The number of nitrogens with zero attached hydrogens (tertiary/aromatic N) is 1. The Morgan fingerprint density at radius 2 is 1.81 bits per heavy atom. The Kier molecular flexibility index (Phi) is 3.08. The van der Waals surface area contributed by atoms with E-state index in [2.05, 4.69) is 11.1 Å². The normalized spacial score (nSPS) is 33.1. The van der Waals surface area contributed by atoms with E-state index >= 15 is 0 Å². The number of benzene rings is 1. The molecule has 5 nitrogen and oxygen atoms in total. The number of imide groups is 1. The molecule has 7 heteroatoms. The van der Waals surface area contributed by atoms with Gasteiger partial charge in [-0.3, -0.25) is 19.3 Å². The monoisotopic (exact) mass is 396 g/mol. The van der Waals surface area contributed by atoms with Gasteiger partial charge in [-0.2, -0.15) is 0 Å². The molecule has 136 valence electrons. The lowest BCUT2D eigenvalue weighted by Gasteiger charge is -2.32. The summed E-state index contributed by atoms with van der Waals surface area (Å²) < 4.78 is 0. The lowest BCUT2D eigenvalue weighted by atomic mass is 9.77. The summed E-state index contributed by atoms with van der Waals surface area (Å²) in [5.41, 5.74) is 3.03. The van der Waals surface area contributed by atoms with Crippen LogP contribution in [0.5, 0.6) is 0 Å². The van der Waals surface area contributed by atoms with Crippen molar-refractivity contribution in [3.8, 4) is 0 Å². The molecule has 2 amide bonds. The van der Waals surface area contributed by atoms with Gasteiger partial charge in [0, 0.05) is 5.25 Å². The molecule has 0 spiro atoms. The van der Waals surface area contributed by atoms with Crippen LogP contribution in [0, 0.1) is 30.6 Å². The summed E-state index contributed by atoms with van der Waals surface area (Å²) in [5, 5.41) is 1.11. The van der Waals surface area contributed by atoms with E-state index in [1.54, 1.807) is 11.8 Å². The van der Waals surface area contributed by atoms with Crippen LogP contribution in [0.15, 0.2) is 39.7 Å². The fourth-order valence-corrected chi connectivity index (χ4v) is 7.81. The van der Waals surface area contributed by atoms with E-state index in [1.165, 1.54) is 21.8 Å². The van der Waals surface area contributed by atoms with Crippen molar-refractivity contribution < 1.29 is 9.59 Å². The van der Waals surface area contributed by atoms with E-state index < -0.39 is 0 Å². The maximum absolute atomic E-state index is 13.2. The average Bonchev–Trinajstić information content (AvgIpc) is 3.35. The highest BCUT2D eigenvalue weighted by molar-refractivity contribution is 8.00. The highest BCUT2D eigenvalue weighted by Crippen LogP contribution is 2.64. The van der Waals surface area contributed by atoms with Gasteiger partial charge in [0.25, 0.3) is 0 Å². The third kappa shape index (κ3) is 1.99. The molecule has 6 rings (SSSR count). The Morgan fingerprint density at radius 1 is 1.07 bits per heavy atom. The maximum Gasteiger partial charge on any atom is 0.305 e. The Hall–Kier alpha value is -2.12. The molecule has 1 N–H and O–H groups in total. The number of carbonyl (C=O) groups is 2. The summed E-state index contributed by atoms with van der Waals surface area (Å²) >= 11 is 2.89. The molecule has 4 aliphatic rings. The van der Waals surface area contributed by atoms with E-state index in [0.29, 0.717) is 5.69 Å². The molecule has 27 heavy (non-hydrogen) atoms. The zero-order chi connectivity index (χ0) is 18.4. The number of aromatic amines is 1. The highest BCUT2D eigenvalue weighted by atomic mass is 32.2. The van der Waals surface area contributed by atoms with Crippen molar-refractivity contribution in [1.29, 1.82) is 0 Å². The topological polar surface area (TPSA) is 70.2 Å². The Bertz CT molecular complexity index is 1100. The van der Waals surface area contributed by atoms with Crippen molar-refractivity contribution in [3.63, 3.8) is 0 Å². The number of aromatic nitrogens is 1. The second-order valence-corrected chi connectivity index (χ2v) is 9.96. The van der Waals surface area contributed by atoms with Crippen LogP contribution in [-0.2, 0) is 9.59 Å². The number of anilines is 1. The van der Waals surface area contributed by atoms with Gasteiger partial charge >= 0.3 is 4.87 Å². The summed E-state index contributed by atoms with van der Waals surface area (Å²) in [7, 11) is 0. The molecule has 2 aromatic rings. The Labute approximate surface area is 163 Å². The van der Waals surface area contributed by atoms with Crippen molar-refractivity contribution >= 4 is 46.7 Å². The number of carbonyl (C=O) groups excluding carboxylic acids is 2. The standard InChI is InChI=1S/C20H16N2O3S2/c1-8-2-4-9(5-3-8)22-18(23)14-10-6-12(15(14)19(22)24)16-11(10)7-13-17(27-16)21-20(25)26-13/h2-5,7,10,12,14-16H,6H2,1H3,(H,21,25)/t10-,12+,14+,15-,16+/m0/s1. The zero-order valence-electron chi connectivity index (χ0n) is 14.5. The van der Waals surface area contributed by atoms with Crippen molar-refractivity contribution in [3.05, 3.63) is 49.9 Å². The van der Waals surface area contributed by atoms with Crippen molar-refractivity contribution in [1.82, 2.24) is 4.98 Å². The van der Waals surface area contributed by atoms with Crippen LogP contribution in [-0.4, -0.2) is 22.0 Å². The molecule has 5 atom stereocenters. The summed E-state index contributed by atoms with van der Waals surface area (Å²) in [6.07, 6.45) is 3.00. The molecule has 1 aromatic heterocycles. The minimum absolute atomic E-state index is 0.0467. The average molecular weight is 396 g/mol. The second kappa shape index (κ2) is 5.23. The lowest BCUT2D eigenvalue weighted by Crippen LogP contribution is -2.34. The number of hydrogen-bond acceptors (Lipinski definition) is 5. The van der Waals surface area contributed by atoms with Crippen LogP contribution in [0.4, 0.5) is 5.69 Å². The SMILES string of the molecule is Cc1ccc(N2C(=O)[C@H]3[C@H]4C[C@@H](C5=Cc6sc(=O)[nH]c6S[C@H]54)[C@H]3C2=O)cc1. The molecular formula is C20H16N2O3S2. The van der Waals surface area contributed by atoms with Crippen LogP contribution in [0.3, 0.4) is 0 Å². The molecular weight excluding hydrogens is 380 g/mol. The predicted octanol–water partition coefficient (Wildman–Crippen LogP) is 3.06. The van der Waals surface area contributed by atoms with Gasteiger partial charge in [-0.25, -0.2) is 0 Å². The zero-order valence-corrected chi connectivity index (χ0v) is 16.1. The number of amides is 2. The number of thioether (sulfide) groups is 1. The first-order chi connectivity index (χ1) is 13.0. The third-order valence-electron chi connectivity index (χ3n) is 6.44. The number of hydrogen-bond donors (Lipinski definition) is 1. The molecule has 0 radical (unpaired) electrons. The van der Waals surface area contributed by atoms with Gasteiger partial charge in [0.15, 0.2) is 0 Å². The first kappa shape index (κ1) is 15.9. The first-order valence-corrected chi connectivity index (χ1v) is 10.8. The minimum atomic E-state index is -0.246. The van der Waals surface area contributed by atoms with Crippen LogP contribution in [0.1, 0.15) is 16.9 Å². The maximum atomic E-state index is 13.2. The summed E-state index contributed by atoms with van der Waals surface area (Å²) in [6, 6.07) is 7.59. The van der Waals surface area contributed by atoms with Gasteiger partial charge in [-0.1, -0.05) is 46.4 Å². The molecule has 1 saturated heterocycles. The quantitative estimate of drug-likeness (QED) is 0.752. The van der Waals surface area contributed by atoms with Gasteiger partial charge in [0.1, 0.15) is 0 Å². The van der Waals surface area contributed by atoms with Crippen molar-refractivity contribution in [2.24, 2.45) is 23.7 Å². The lowest BCUT2D eigenvalue weighted by molar-refractivity contribution is -0.123. The molecule has 0 unspecified atom stereocenters. The van der Waals surface area contributed by atoms with Crippen molar-refractivity contribution in [2.45, 2.75) is 23.6 Å². The number of nitrogens with one attached hydrogen (secondary N) is 1. The van der Waals surface area contributed by atoms with Crippen LogP contribution < -0.4 is 9.77 Å². The molecule has 2 bridgehead atoms. The fraction of sp³-hybridized carbons (Fsp3) is 0.350.